The number of pyridine rings is 1. The number of hydrogen-bond acceptors (Lipinski definition) is 5. The van der Waals surface area contributed by atoms with Crippen LogP contribution in [0.5, 0.6) is 5.75 Å². The van der Waals surface area contributed by atoms with E-state index in [0.717, 1.165) is 15.7 Å². The molecule has 0 N–H and O–H groups in total. The highest BCUT2D eigenvalue weighted by atomic mass is 32.1. The molecule has 25 heavy (non-hydrogen) atoms. The van der Waals surface area contributed by atoms with E-state index in [4.69, 9.17) is 4.74 Å². The van der Waals surface area contributed by atoms with Crippen molar-refractivity contribution in [3.63, 3.8) is 0 Å². The highest BCUT2D eigenvalue weighted by molar-refractivity contribution is 7.16. The number of fused-ring (bicyclic) bond motifs is 3. The number of hydrogen-bond donors (Lipinski definition) is 0. The van der Waals surface area contributed by atoms with Gasteiger partial charge in [-0.25, -0.2) is 9.18 Å². The van der Waals surface area contributed by atoms with Gasteiger partial charge >= 0.3 is 12.6 Å². The summed E-state index contributed by atoms with van der Waals surface area (Å²) in [4.78, 5) is 24.7. The molecule has 0 radical (unpaired) electrons. The van der Waals surface area contributed by atoms with E-state index >= 15 is 0 Å². The topological polar surface area (TPSA) is 57.0 Å². The number of carbonyl (C=O) groups is 1. The first-order chi connectivity index (χ1) is 11.9. The number of rotatable bonds is 4. The van der Waals surface area contributed by atoms with Crippen molar-refractivity contribution in [3.05, 3.63) is 45.1 Å². The number of nitrogens with zero attached hydrogens (tertiary/aromatic N) is 1. The molecule has 2 heterocycles. The second kappa shape index (κ2) is 6.36. The quantitative estimate of drug-likeness (QED) is 0.517. The van der Waals surface area contributed by atoms with Crippen molar-refractivity contribution in [2.75, 3.05) is 6.61 Å². The Morgan fingerprint density at radius 1 is 1.36 bits per heavy atom. The molecule has 0 unspecified atom stereocenters. The summed E-state index contributed by atoms with van der Waals surface area (Å²) in [5.41, 5.74) is -1.75. The van der Waals surface area contributed by atoms with Crippen LogP contribution < -0.4 is 10.2 Å². The molecule has 0 aliphatic rings. The van der Waals surface area contributed by atoms with Crippen molar-refractivity contribution in [3.8, 4) is 5.75 Å². The normalized spacial score (nSPS) is 11.4. The Labute approximate surface area is 141 Å². The lowest BCUT2D eigenvalue weighted by Crippen LogP contribution is -2.20. The summed E-state index contributed by atoms with van der Waals surface area (Å²) >= 11 is 0.938. The zero-order valence-electron chi connectivity index (χ0n) is 12.5. The third-order valence-corrected chi connectivity index (χ3v) is 4.25. The van der Waals surface area contributed by atoms with E-state index in [-0.39, 0.29) is 11.4 Å². The fourth-order valence-electron chi connectivity index (χ4n) is 2.45. The lowest BCUT2D eigenvalue weighted by Gasteiger charge is -2.13. The van der Waals surface area contributed by atoms with Gasteiger partial charge in [0, 0.05) is 11.6 Å². The van der Waals surface area contributed by atoms with Gasteiger partial charge in [0.1, 0.15) is 15.9 Å². The molecule has 2 aromatic heterocycles. The van der Waals surface area contributed by atoms with Gasteiger partial charge in [0.2, 0.25) is 11.2 Å². The molecule has 0 fully saturated rings. The molecule has 1 aromatic carbocycles. The number of aromatic nitrogens is 1. The number of ether oxygens (including phenoxy) is 2. The molecule has 0 aliphatic carbocycles. The fraction of sp³-hybridized carbons (Fsp3) is 0.200. The van der Waals surface area contributed by atoms with Gasteiger partial charge in [-0.05, 0) is 13.0 Å². The number of esters is 1. The van der Waals surface area contributed by atoms with Crippen LogP contribution in [0.3, 0.4) is 0 Å². The predicted molar refractivity (Wildman–Crippen MR) is 81.6 cm³/mol. The molecule has 0 amide bonds. The van der Waals surface area contributed by atoms with Crippen LogP contribution in [0, 0.1) is 11.6 Å². The Balaban J connectivity index is 2.51. The van der Waals surface area contributed by atoms with Crippen molar-refractivity contribution >= 4 is 33.0 Å². The molecule has 10 heteroatoms. The number of alkyl halides is 2. The molecular weight excluding hydrogens is 366 g/mol. The number of benzene rings is 1. The maximum absolute atomic E-state index is 14.0. The van der Waals surface area contributed by atoms with E-state index in [1.54, 1.807) is 0 Å². The zero-order valence-corrected chi connectivity index (χ0v) is 13.3. The van der Waals surface area contributed by atoms with Crippen molar-refractivity contribution in [1.82, 2.24) is 4.40 Å². The third-order valence-electron chi connectivity index (χ3n) is 3.37. The molecule has 132 valence electrons. The van der Waals surface area contributed by atoms with Gasteiger partial charge in [0.15, 0.2) is 11.6 Å². The summed E-state index contributed by atoms with van der Waals surface area (Å²) in [6.45, 7) is -1.91. The fourth-order valence-corrected chi connectivity index (χ4v) is 3.32. The standard InChI is InChI=1S/C15H9F4NO4S/c1-2-23-14(22)8-11(21)6-5-7(16)9(17)12(24-15(18)19)10(6)20-3-4-25-13(8)20/h3-5,15H,2H2,1H3. The molecule has 0 atom stereocenters. The first kappa shape index (κ1) is 17.2. The summed E-state index contributed by atoms with van der Waals surface area (Å²) in [7, 11) is 0. The molecule has 0 aliphatic heterocycles. The van der Waals surface area contributed by atoms with Gasteiger partial charge in [0.05, 0.1) is 12.0 Å². The van der Waals surface area contributed by atoms with Crippen LogP contribution >= 0.6 is 11.3 Å². The number of carbonyl (C=O) groups excluding carboxylic acids is 1. The molecule has 3 aromatic rings. The molecule has 0 saturated heterocycles. The van der Waals surface area contributed by atoms with E-state index in [9.17, 15) is 27.2 Å². The molecular formula is C15H9F4NO4S. The van der Waals surface area contributed by atoms with Crippen molar-refractivity contribution in [1.29, 1.82) is 0 Å². The minimum absolute atomic E-state index is 0.00856. The Morgan fingerprint density at radius 2 is 2.08 bits per heavy atom. The molecule has 0 spiro atoms. The first-order valence-electron chi connectivity index (χ1n) is 6.92. The Kier molecular flexibility index (Phi) is 4.38. The van der Waals surface area contributed by atoms with Crippen LogP contribution in [0.15, 0.2) is 22.4 Å². The lowest BCUT2D eigenvalue weighted by molar-refractivity contribution is -0.0515. The molecule has 0 bridgehead atoms. The summed E-state index contributed by atoms with van der Waals surface area (Å²) in [5, 5.41) is 0.971. The van der Waals surface area contributed by atoms with Gasteiger partial charge in [0.25, 0.3) is 0 Å². The smallest absolute Gasteiger partial charge is 0.387 e. The predicted octanol–water partition coefficient (Wildman–Crippen LogP) is 3.57. The minimum Gasteiger partial charge on any atom is -0.462 e. The Hall–Kier alpha value is -2.62. The summed E-state index contributed by atoms with van der Waals surface area (Å²) in [6, 6.07) is 0.540. The average Bonchev–Trinajstić information content (AvgIpc) is 3.00. The van der Waals surface area contributed by atoms with Crippen molar-refractivity contribution in [2.24, 2.45) is 0 Å². The van der Waals surface area contributed by atoms with Crippen LogP contribution in [0.25, 0.3) is 15.7 Å². The summed E-state index contributed by atoms with van der Waals surface area (Å²) in [6.07, 6.45) is 1.32. The van der Waals surface area contributed by atoms with Gasteiger partial charge in [-0.3, -0.25) is 4.79 Å². The average molecular weight is 375 g/mol. The molecule has 0 saturated carbocycles. The van der Waals surface area contributed by atoms with Gasteiger partial charge < -0.3 is 13.9 Å². The summed E-state index contributed by atoms with van der Waals surface area (Å²) < 4.78 is 63.1. The highest BCUT2D eigenvalue weighted by Crippen LogP contribution is 2.33. The summed E-state index contributed by atoms with van der Waals surface area (Å²) in [5.74, 6) is -5.26. The Bertz CT molecular complexity index is 1040. The highest BCUT2D eigenvalue weighted by Gasteiger charge is 2.27. The Morgan fingerprint density at radius 3 is 2.72 bits per heavy atom. The minimum atomic E-state index is -3.44. The van der Waals surface area contributed by atoms with E-state index in [2.05, 4.69) is 4.74 Å². The zero-order chi connectivity index (χ0) is 18.3. The molecule has 3 rings (SSSR count). The lowest BCUT2D eigenvalue weighted by atomic mass is 10.1. The monoisotopic (exact) mass is 375 g/mol. The second-order valence-corrected chi connectivity index (χ2v) is 5.67. The van der Waals surface area contributed by atoms with Crippen molar-refractivity contribution in [2.45, 2.75) is 13.5 Å². The van der Waals surface area contributed by atoms with E-state index in [1.165, 1.54) is 18.5 Å². The van der Waals surface area contributed by atoms with Gasteiger partial charge in [-0.2, -0.15) is 13.2 Å². The second-order valence-electron chi connectivity index (χ2n) is 4.78. The van der Waals surface area contributed by atoms with Gasteiger partial charge in [-0.1, -0.05) is 0 Å². The van der Waals surface area contributed by atoms with E-state index < -0.39 is 51.9 Å². The number of thiazole rings is 1. The van der Waals surface area contributed by atoms with Crippen molar-refractivity contribution < 1.29 is 31.8 Å². The first-order valence-corrected chi connectivity index (χ1v) is 7.80. The van der Waals surface area contributed by atoms with Crippen LogP contribution in [-0.4, -0.2) is 23.6 Å². The maximum Gasteiger partial charge on any atom is 0.387 e. The van der Waals surface area contributed by atoms with E-state index in [1.807, 2.05) is 0 Å². The van der Waals surface area contributed by atoms with Crippen LogP contribution in [-0.2, 0) is 4.74 Å². The van der Waals surface area contributed by atoms with Crippen LogP contribution in [0.1, 0.15) is 17.3 Å². The van der Waals surface area contributed by atoms with Crippen LogP contribution in [0.4, 0.5) is 17.6 Å². The number of halogens is 4. The molecule has 5 nitrogen and oxygen atoms in total. The SMILES string of the molecule is CCOC(=O)c1c(=O)c2cc(F)c(F)c(OC(F)F)c2n2ccsc12. The van der Waals surface area contributed by atoms with Gasteiger partial charge in [-0.15, -0.1) is 11.3 Å². The largest absolute Gasteiger partial charge is 0.462 e. The van der Waals surface area contributed by atoms with E-state index in [0.29, 0.717) is 6.07 Å². The van der Waals surface area contributed by atoms with Crippen LogP contribution in [0.2, 0.25) is 0 Å². The third kappa shape index (κ3) is 2.72. The maximum atomic E-state index is 14.0.